The van der Waals surface area contributed by atoms with Gasteiger partial charge in [0.1, 0.15) is 0 Å². The van der Waals surface area contributed by atoms with Gasteiger partial charge in [-0.25, -0.2) is 0 Å². The van der Waals surface area contributed by atoms with E-state index in [-0.39, 0.29) is 0 Å². The van der Waals surface area contributed by atoms with Crippen LogP contribution in [0.3, 0.4) is 0 Å². The number of hydrogen-bond acceptors (Lipinski definition) is 2. The van der Waals surface area contributed by atoms with E-state index >= 15 is 0 Å². The molecule has 0 aliphatic heterocycles. The standard InChI is InChI=1S/C10H21NO/c1-9(2)11-7-5-6-10(3)8-12-4/h6,9,11H,5,7-8H2,1-4H3. The third kappa shape index (κ3) is 7.76. The molecule has 0 spiro atoms. The quantitative estimate of drug-likeness (QED) is 0.487. The molecule has 0 aliphatic rings. The summed E-state index contributed by atoms with van der Waals surface area (Å²) in [5.74, 6) is 0. The van der Waals surface area contributed by atoms with Crippen LogP contribution in [0.15, 0.2) is 11.6 Å². The lowest BCUT2D eigenvalue weighted by Crippen LogP contribution is -2.23. The van der Waals surface area contributed by atoms with Crippen LogP contribution in [0.25, 0.3) is 0 Å². The molecular formula is C10H21NO. The van der Waals surface area contributed by atoms with Crippen LogP contribution >= 0.6 is 0 Å². The van der Waals surface area contributed by atoms with Crippen molar-refractivity contribution in [1.82, 2.24) is 5.32 Å². The maximum Gasteiger partial charge on any atom is 0.0670 e. The molecule has 0 radical (unpaired) electrons. The van der Waals surface area contributed by atoms with Gasteiger partial charge in [0, 0.05) is 13.2 Å². The second-order valence-electron chi connectivity index (χ2n) is 3.38. The minimum atomic E-state index is 0.584. The molecule has 2 heteroatoms. The highest BCUT2D eigenvalue weighted by molar-refractivity contribution is 4.98. The molecule has 0 rings (SSSR count). The van der Waals surface area contributed by atoms with E-state index in [0.717, 1.165) is 19.6 Å². The number of rotatable bonds is 6. The zero-order chi connectivity index (χ0) is 9.40. The molecule has 1 N–H and O–H groups in total. The first-order chi connectivity index (χ1) is 5.66. The van der Waals surface area contributed by atoms with Gasteiger partial charge < -0.3 is 10.1 Å². The van der Waals surface area contributed by atoms with Gasteiger partial charge in [-0.3, -0.25) is 0 Å². The highest BCUT2D eigenvalue weighted by Gasteiger charge is 1.90. The SMILES string of the molecule is COCC(C)=CCCNC(C)C. The summed E-state index contributed by atoms with van der Waals surface area (Å²) in [4.78, 5) is 0. The van der Waals surface area contributed by atoms with Crippen molar-refractivity contribution < 1.29 is 4.74 Å². The molecule has 0 unspecified atom stereocenters. The topological polar surface area (TPSA) is 21.3 Å². The van der Waals surface area contributed by atoms with Gasteiger partial charge in [0.05, 0.1) is 6.61 Å². The Morgan fingerprint density at radius 1 is 1.50 bits per heavy atom. The van der Waals surface area contributed by atoms with Gasteiger partial charge in [0.15, 0.2) is 0 Å². The summed E-state index contributed by atoms with van der Waals surface area (Å²) in [6.45, 7) is 8.22. The van der Waals surface area contributed by atoms with E-state index in [1.54, 1.807) is 7.11 Å². The fraction of sp³-hybridized carbons (Fsp3) is 0.800. The van der Waals surface area contributed by atoms with E-state index in [0.29, 0.717) is 6.04 Å². The third-order valence-electron chi connectivity index (χ3n) is 1.56. The first kappa shape index (κ1) is 11.7. The normalized spacial score (nSPS) is 12.6. The van der Waals surface area contributed by atoms with E-state index < -0.39 is 0 Å². The van der Waals surface area contributed by atoms with Crippen molar-refractivity contribution >= 4 is 0 Å². The van der Waals surface area contributed by atoms with E-state index in [1.165, 1.54) is 5.57 Å². The van der Waals surface area contributed by atoms with Gasteiger partial charge in [-0.05, 0) is 19.9 Å². The largest absolute Gasteiger partial charge is 0.380 e. The summed E-state index contributed by atoms with van der Waals surface area (Å²) in [6, 6.07) is 0.584. The molecule has 0 aliphatic carbocycles. The smallest absolute Gasteiger partial charge is 0.0670 e. The Bertz CT molecular complexity index is 130. The van der Waals surface area contributed by atoms with Crippen molar-refractivity contribution in [1.29, 1.82) is 0 Å². The highest BCUT2D eigenvalue weighted by Crippen LogP contribution is 1.94. The van der Waals surface area contributed by atoms with Crippen LogP contribution in [-0.2, 0) is 4.74 Å². The Morgan fingerprint density at radius 2 is 2.17 bits per heavy atom. The molecule has 0 bridgehead atoms. The van der Waals surface area contributed by atoms with Gasteiger partial charge >= 0.3 is 0 Å². The van der Waals surface area contributed by atoms with Crippen LogP contribution in [0.4, 0.5) is 0 Å². The molecule has 0 amide bonds. The molecule has 0 aromatic heterocycles. The summed E-state index contributed by atoms with van der Waals surface area (Å²) in [6.07, 6.45) is 3.31. The summed E-state index contributed by atoms with van der Waals surface area (Å²) in [7, 11) is 1.73. The Morgan fingerprint density at radius 3 is 2.67 bits per heavy atom. The molecule has 0 aromatic rings. The minimum absolute atomic E-state index is 0.584. The van der Waals surface area contributed by atoms with Crippen LogP contribution in [-0.4, -0.2) is 26.3 Å². The molecule has 12 heavy (non-hydrogen) atoms. The molecule has 2 nitrogen and oxygen atoms in total. The Hall–Kier alpha value is -0.340. The fourth-order valence-corrected chi connectivity index (χ4v) is 0.977. The van der Waals surface area contributed by atoms with Crippen molar-refractivity contribution in [2.75, 3.05) is 20.3 Å². The lowest BCUT2D eigenvalue weighted by molar-refractivity contribution is 0.225. The average molecular weight is 171 g/mol. The molecule has 72 valence electrons. The van der Waals surface area contributed by atoms with Crippen LogP contribution in [0.5, 0.6) is 0 Å². The van der Waals surface area contributed by atoms with Crippen LogP contribution in [0.1, 0.15) is 27.2 Å². The van der Waals surface area contributed by atoms with Crippen molar-refractivity contribution in [3.63, 3.8) is 0 Å². The molecule has 0 saturated carbocycles. The van der Waals surface area contributed by atoms with E-state index in [9.17, 15) is 0 Å². The predicted molar refractivity (Wildman–Crippen MR) is 53.4 cm³/mol. The molecule has 0 atom stereocenters. The maximum atomic E-state index is 4.99. The fourth-order valence-electron chi connectivity index (χ4n) is 0.977. The van der Waals surface area contributed by atoms with Crippen molar-refractivity contribution in [3.05, 3.63) is 11.6 Å². The zero-order valence-corrected chi connectivity index (χ0v) is 8.68. The molecule has 0 saturated heterocycles. The lowest BCUT2D eigenvalue weighted by atomic mass is 10.2. The highest BCUT2D eigenvalue weighted by atomic mass is 16.5. The monoisotopic (exact) mass is 171 g/mol. The van der Waals surface area contributed by atoms with Gasteiger partial charge in [0.2, 0.25) is 0 Å². The second kappa shape index (κ2) is 7.32. The van der Waals surface area contributed by atoms with Gasteiger partial charge in [-0.2, -0.15) is 0 Å². The zero-order valence-electron chi connectivity index (χ0n) is 8.68. The Balaban J connectivity index is 3.33. The number of methoxy groups -OCH3 is 1. The molecular weight excluding hydrogens is 150 g/mol. The van der Waals surface area contributed by atoms with E-state index in [2.05, 4.69) is 32.2 Å². The van der Waals surface area contributed by atoms with Crippen LogP contribution in [0, 0.1) is 0 Å². The van der Waals surface area contributed by atoms with Crippen LogP contribution in [0.2, 0.25) is 0 Å². The Kier molecular flexibility index (Phi) is 7.11. The number of hydrogen-bond donors (Lipinski definition) is 1. The summed E-state index contributed by atoms with van der Waals surface area (Å²) in [5, 5.41) is 3.36. The third-order valence-corrected chi connectivity index (χ3v) is 1.56. The predicted octanol–water partition coefficient (Wildman–Crippen LogP) is 1.97. The number of ether oxygens (including phenoxy) is 1. The second-order valence-corrected chi connectivity index (χ2v) is 3.38. The van der Waals surface area contributed by atoms with E-state index in [1.807, 2.05) is 0 Å². The Labute approximate surface area is 76.0 Å². The maximum absolute atomic E-state index is 4.99. The lowest BCUT2D eigenvalue weighted by Gasteiger charge is -2.05. The van der Waals surface area contributed by atoms with Gasteiger partial charge in [-0.1, -0.05) is 25.5 Å². The van der Waals surface area contributed by atoms with Gasteiger partial charge in [0.25, 0.3) is 0 Å². The summed E-state index contributed by atoms with van der Waals surface area (Å²) in [5.41, 5.74) is 1.31. The first-order valence-electron chi connectivity index (χ1n) is 4.54. The average Bonchev–Trinajstić information content (AvgIpc) is 1.98. The molecule has 0 aromatic carbocycles. The summed E-state index contributed by atoms with van der Waals surface area (Å²) >= 11 is 0. The van der Waals surface area contributed by atoms with Gasteiger partial charge in [-0.15, -0.1) is 0 Å². The van der Waals surface area contributed by atoms with Crippen molar-refractivity contribution in [3.8, 4) is 0 Å². The minimum Gasteiger partial charge on any atom is -0.380 e. The summed E-state index contributed by atoms with van der Waals surface area (Å²) < 4.78 is 4.99. The van der Waals surface area contributed by atoms with Crippen LogP contribution < -0.4 is 5.32 Å². The number of nitrogens with one attached hydrogen (secondary N) is 1. The van der Waals surface area contributed by atoms with Crippen molar-refractivity contribution in [2.45, 2.75) is 33.2 Å². The molecule has 0 fully saturated rings. The molecule has 0 heterocycles. The first-order valence-corrected chi connectivity index (χ1v) is 4.54. The van der Waals surface area contributed by atoms with E-state index in [4.69, 9.17) is 4.74 Å². The van der Waals surface area contributed by atoms with Crippen molar-refractivity contribution in [2.24, 2.45) is 0 Å².